The van der Waals surface area contributed by atoms with Gasteiger partial charge in [0.25, 0.3) is 0 Å². The van der Waals surface area contributed by atoms with Crippen LogP contribution in [0.3, 0.4) is 0 Å². The van der Waals surface area contributed by atoms with Crippen LogP contribution in [0.15, 0.2) is 29.0 Å². The van der Waals surface area contributed by atoms with Gasteiger partial charge in [-0.05, 0) is 73.7 Å². The Bertz CT molecular complexity index is 717. The van der Waals surface area contributed by atoms with Crippen LogP contribution >= 0.6 is 22.7 Å². The van der Waals surface area contributed by atoms with Gasteiger partial charge in [-0.15, -0.1) is 22.7 Å². The largest absolute Gasteiger partial charge is 0.481 e. The summed E-state index contributed by atoms with van der Waals surface area (Å²) in [5.74, 6) is -0.846. The number of thiophene rings is 2. The number of carboxylic acids is 1. The monoisotopic (exact) mass is 375 g/mol. The normalized spacial score (nSPS) is 18.2. The molecule has 1 saturated heterocycles. The minimum atomic E-state index is -0.649. The highest BCUT2D eigenvalue weighted by Gasteiger charge is 2.24. The van der Waals surface area contributed by atoms with Crippen molar-refractivity contribution in [2.24, 2.45) is 5.92 Å². The van der Waals surface area contributed by atoms with Gasteiger partial charge in [0.2, 0.25) is 0 Å². The Balaban J connectivity index is 1.70. The van der Waals surface area contributed by atoms with Gasteiger partial charge in [0.05, 0.1) is 5.92 Å². The molecule has 1 N–H and O–H groups in total. The SMILES string of the molecule is Cc1csc(C(=CCCN2CCC[C@@H](C(=O)O)C2)c2cc(C)cs2)c1. The second kappa shape index (κ2) is 8.30. The number of carboxylic acid groups (broad SMARTS) is 1. The lowest BCUT2D eigenvalue weighted by Gasteiger charge is -2.30. The van der Waals surface area contributed by atoms with Gasteiger partial charge in [-0.3, -0.25) is 4.79 Å². The van der Waals surface area contributed by atoms with E-state index in [9.17, 15) is 9.90 Å². The van der Waals surface area contributed by atoms with E-state index in [1.165, 1.54) is 26.5 Å². The molecular formula is C20H25NO2S2. The molecule has 0 spiro atoms. The van der Waals surface area contributed by atoms with Crippen LogP contribution in [0, 0.1) is 19.8 Å². The van der Waals surface area contributed by atoms with Crippen LogP contribution in [-0.4, -0.2) is 35.6 Å². The third-order valence-electron chi connectivity index (χ3n) is 4.64. The zero-order valence-electron chi connectivity index (χ0n) is 14.8. The summed E-state index contributed by atoms with van der Waals surface area (Å²) in [6, 6.07) is 4.51. The van der Waals surface area contributed by atoms with E-state index in [0.717, 1.165) is 32.4 Å². The fourth-order valence-corrected chi connectivity index (χ4v) is 5.29. The molecule has 1 atom stereocenters. The van der Waals surface area contributed by atoms with Gasteiger partial charge in [0, 0.05) is 28.4 Å². The van der Waals surface area contributed by atoms with E-state index in [1.807, 2.05) is 0 Å². The Morgan fingerprint density at radius 1 is 1.24 bits per heavy atom. The van der Waals surface area contributed by atoms with E-state index >= 15 is 0 Å². The molecule has 0 aromatic carbocycles. The van der Waals surface area contributed by atoms with Crippen LogP contribution in [0.5, 0.6) is 0 Å². The highest BCUT2D eigenvalue weighted by Crippen LogP contribution is 2.33. The molecule has 0 unspecified atom stereocenters. The van der Waals surface area contributed by atoms with Crippen molar-refractivity contribution in [1.82, 2.24) is 4.90 Å². The summed E-state index contributed by atoms with van der Waals surface area (Å²) in [6.45, 7) is 6.91. The predicted octanol–water partition coefficient (Wildman–Crippen LogP) is 5.04. The van der Waals surface area contributed by atoms with E-state index in [-0.39, 0.29) is 5.92 Å². The van der Waals surface area contributed by atoms with Crippen LogP contribution in [0.4, 0.5) is 0 Å². The molecule has 5 heteroatoms. The topological polar surface area (TPSA) is 40.5 Å². The fraction of sp³-hybridized carbons (Fsp3) is 0.450. The summed E-state index contributed by atoms with van der Waals surface area (Å²) in [5, 5.41) is 13.6. The van der Waals surface area contributed by atoms with Crippen LogP contribution in [-0.2, 0) is 4.79 Å². The maximum atomic E-state index is 11.2. The number of hydrogen-bond donors (Lipinski definition) is 1. The van der Waals surface area contributed by atoms with Crippen LogP contribution in [0.1, 0.15) is 40.1 Å². The van der Waals surface area contributed by atoms with Crippen LogP contribution in [0.2, 0.25) is 0 Å². The lowest BCUT2D eigenvalue weighted by Crippen LogP contribution is -2.39. The third-order valence-corrected chi connectivity index (χ3v) is 6.80. The van der Waals surface area contributed by atoms with E-state index in [4.69, 9.17) is 0 Å². The molecule has 1 aliphatic rings. The molecule has 3 rings (SSSR count). The molecule has 1 fully saturated rings. The molecule has 25 heavy (non-hydrogen) atoms. The lowest BCUT2D eigenvalue weighted by molar-refractivity contribution is -0.143. The first-order valence-electron chi connectivity index (χ1n) is 8.79. The average Bonchev–Trinajstić information content (AvgIpc) is 3.20. The molecule has 0 aliphatic carbocycles. The molecule has 0 radical (unpaired) electrons. The minimum Gasteiger partial charge on any atom is -0.481 e. The van der Waals surface area contributed by atoms with Gasteiger partial charge in [-0.2, -0.15) is 0 Å². The van der Waals surface area contributed by atoms with E-state index in [2.05, 4.69) is 47.7 Å². The molecular weight excluding hydrogens is 350 g/mol. The Morgan fingerprint density at radius 3 is 2.40 bits per heavy atom. The number of carbonyl (C=O) groups is 1. The summed E-state index contributed by atoms with van der Waals surface area (Å²) < 4.78 is 0. The van der Waals surface area contributed by atoms with Crippen molar-refractivity contribution >= 4 is 34.2 Å². The van der Waals surface area contributed by atoms with Gasteiger partial charge in [0.1, 0.15) is 0 Å². The Kier molecular flexibility index (Phi) is 6.10. The number of aliphatic carboxylic acids is 1. The molecule has 2 aromatic rings. The van der Waals surface area contributed by atoms with Crippen molar-refractivity contribution in [2.45, 2.75) is 33.1 Å². The summed E-state index contributed by atoms with van der Waals surface area (Å²) in [7, 11) is 0. The van der Waals surface area contributed by atoms with Crippen LogP contribution in [0.25, 0.3) is 5.57 Å². The minimum absolute atomic E-state index is 0.197. The maximum absolute atomic E-state index is 11.2. The quantitative estimate of drug-likeness (QED) is 0.768. The Hall–Kier alpha value is -1.43. The first kappa shape index (κ1) is 18.4. The van der Waals surface area contributed by atoms with Crippen molar-refractivity contribution in [3.63, 3.8) is 0 Å². The standard InChI is InChI=1S/C20H25NO2S2/c1-14-9-18(24-12-14)17(19-10-15(2)13-25-19)6-4-8-21-7-3-5-16(11-21)20(22)23/h6,9-10,12-13,16H,3-5,7-8,11H2,1-2H3,(H,22,23)/t16-/m1/s1. The lowest BCUT2D eigenvalue weighted by atomic mass is 9.98. The predicted molar refractivity (Wildman–Crippen MR) is 107 cm³/mol. The summed E-state index contributed by atoms with van der Waals surface area (Å²) >= 11 is 3.60. The molecule has 134 valence electrons. The van der Waals surface area contributed by atoms with Crippen molar-refractivity contribution in [3.05, 3.63) is 49.9 Å². The molecule has 3 heterocycles. The van der Waals surface area contributed by atoms with Crippen molar-refractivity contribution < 1.29 is 9.90 Å². The number of nitrogens with zero attached hydrogens (tertiary/aromatic N) is 1. The average molecular weight is 376 g/mol. The van der Waals surface area contributed by atoms with Crippen LogP contribution < -0.4 is 0 Å². The van der Waals surface area contributed by atoms with Gasteiger partial charge < -0.3 is 10.0 Å². The highest BCUT2D eigenvalue weighted by molar-refractivity contribution is 7.14. The van der Waals surface area contributed by atoms with Crippen molar-refractivity contribution in [3.8, 4) is 0 Å². The molecule has 0 bridgehead atoms. The molecule has 0 saturated carbocycles. The van der Waals surface area contributed by atoms with Crippen molar-refractivity contribution in [2.75, 3.05) is 19.6 Å². The summed E-state index contributed by atoms with van der Waals surface area (Å²) in [6.07, 6.45) is 5.09. The van der Waals surface area contributed by atoms with Gasteiger partial charge in [-0.1, -0.05) is 6.08 Å². The van der Waals surface area contributed by atoms with Crippen molar-refractivity contribution in [1.29, 1.82) is 0 Å². The van der Waals surface area contributed by atoms with E-state index in [1.54, 1.807) is 22.7 Å². The summed E-state index contributed by atoms with van der Waals surface area (Å²) in [4.78, 5) is 16.2. The number of aryl methyl sites for hydroxylation is 2. The first-order valence-corrected chi connectivity index (χ1v) is 10.5. The molecule has 1 aliphatic heterocycles. The fourth-order valence-electron chi connectivity index (χ4n) is 3.32. The second-order valence-electron chi connectivity index (χ2n) is 6.86. The summed E-state index contributed by atoms with van der Waals surface area (Å²) in [5.41, 5.74) is 3.93. The zero-order chi connectivity index (χ0) is 17.8. The van der Waals surface area contributed by atoms with E-state index in [0.29, 0.717) is 6.54 Å². The Morgan fingerprint density at radius 2 is 1.88 bits per heavy atom. The van der Waals surface area contributed by atoms with Gasteiger partial charge in [0.15, 0.2) is 0 Å². The number of rotatable bonds is 6. The highest BCUT2D eigenvalue weighted by atomic mass is 32.1. The number of piperidine rings is 1. The maximum Gasteiger partial charge on any atom is 0.307 e. The van der Waals surface area contributed by atoms with E-state index < -0.39 is 5.97 Å². The van der Waals surface area contributed by atoms with Gasteiger partial charge in [-0.25, -0.2) is 0 Å². The molecule has 3 nitrogen and oxygen atoms in total. The third kappa shape index (κ3) is 4.81. The first-order chi connectivity index (χ1) is 12.0. The number of likely N-dealkylation sites (tertiary alicyclic amines) is 1. The zero-order valence-corrected chi connectivity index (χ0v) is 16.5. The molecule has 0 amide bonds. The molecule has 2 aromatic heterocycles. The Labute approximate surface area is 157 Å². The van der Waals surface area contributed by atoms with Gasteiger partial charge >= 0.3 is 5.97 Å². The second-order valence-corrected chi connectivity index (χ2v) is 8.68. The smallest absolute Gasteiger partial charge is 0.307 e. The number of hydrogen-bond acceptors (Lipinski definition) is 4.